The van der Waals surface area contributed by atoms with E-state index in [1.807, 2.05) is 18.2 Å². The van der Waals surface area contributed by atoms with Crippen molar-refractivity contribution >= 4 is 17.5 Å². The normalized spacial score (nSPS) is 15.5. The summed E-state index contributed by atoms with van der Waals surface area (Å²) >= 11 is 0. The summed E-state index contributed by atoms with van der Waals surface area (Å²) in [7, 11) is 1.68. The summed E-state index contributed by atoms with van der Waals surface area (Å²) in [5.41, 5.74) is 3.74. The van der Waals surface area contributed by atoms with Gasteiger partial charge in [-0.1, -0.05) is 30.3 Å². The van der Waals surface area contributed by atoms with E-state index in [0.29, 0.717) is 12.0 Å². The summed E-state index contributed by atoms with van der Waals surface area (Å²) < 4.78 is 5.19. The fourth-order valence-corrected chi connectivity index (χ4v) is 3.48. The van der Waals surface area contributed by atoms with Crippen LogP contribution in [-0.4, -0.2) is 34.9 Å². The molecular formula is C21H23N5O. The highest BCUT2D eigenvalue weighted by molar-refractivity contribution is 5.67. The molecule has 0 amide bonds. The highest BCUT2D eigenvalue weighted by Crippen LogP contribution is 2.36. The molecule has 0 saturated carbocycles. The largest absolute Gasteiger partial charge is 0.497 e. The third kappa shape index (κ3) is 3.69. The molecule has 1 N–H and O–H groups in total. The number of hydrogen-bond acceptors (Lipinski definition) is 6. The highest BCUT2D eigenvalue weighted by atomic mass is 16.5. The maximum Gasteiger partial charge on any atom is 0.252 e. The average molecular weight is 361 g/mol. The van der Waals surface area contributed by atoms with Gasteiger partial charge in [-0.25, -0.2) is 0 Å². The highest BCUT2D eigenvalue weighted by Gasteiger charge is 2.29. The quantitative estimate of drug-likeness (QED) is 0.723. The van der Waals surface area contributed by atoms with Gasteiger partial charge in [-0.15, -0.1) is 5.10 Å². The van der Waals surface area contributed by atoms with Crippen LogP contribution in [0.3, 0.4) is 0 Å². The molecule has 0 spiro atoms. The average Bonchev–Trinajstić information content (AvgIpc) is 3.04. The topological polar surface area (TPSA) is 63.2 Å². The molecule has 1 aliphatic heterocycles. The molecule has 0 radical (unpaired) electrons. The van der Waals surface area contributed by atoms with Crippen LogP contribution in [0.5, 0.6) is 5.75 Å². The fourth-order valence-electron chi connectivity index (χ4n) is 3.48. The SMILES string of the molecule is COc1ccc(CCNc2cnnc(N3c4ccccc4CC3C)n2)cc1. The fraction of sp³-hybridized carbons (Fsp3) is 0.286. The van der Waals surface area contributed by atoms with Crippen molar-refractivity contribution in [3.63, 3.8) is 0 Å². The molecule has 0 aliphatic carbocycles. The summed E-state index contributed by atoms with van der Waals surface area (Å²) in [5, 5.41) is 11.8. The van der Waals surface area contributed by atoms with Gasteiger partial charge in [-0.2, -0.15) is 10.1 Å². The van der Waals surface area contributed by atoms with Gasteiger partial charge in [0.05, 0.1) is 13.3 Å². The smallest absolute Gasteiger partial charge is 0.252 e. The van der Waals surface area contributed by atoms with E-state index in [-0.39, 0.29) is 0 Å². The first kappa shape index (κ1) is 17.3. The van der Waals surface area contributed by atoms with E-state index >= 15 is 0 Å². The van der Waals surface area contributed by atoms with E-state index in [2.05, 4.69) is 62.7 Å². The number of nitrogens with zero attached hydrogens (tertiary/aromatic N) is 4. The number of nitrogens with one attached hydrogen (secondary N) is 1. The van der Waals surface area contributed by atoms with Crippen molar-refractivity contribution in [2.75, 3.05) is 23.9 Å². The van der Waals surface area contributed by atoms with Gasteiger partial charge in [-0.3, -0.25) is 0 Å². The first-order valence-corrected chi connectivity index (χ1v) is 9.18. The number of aromatic nitrogens is 3. The lowest BCUT2D eigenvalue weighted by molar-refractivity contribution is 0.414. The van der Waals surface area contributed by atoms with E-state index < -0.39 is 0 Å². The van der Waals surface area contributed by atoms with Crippen LogP contribution in [0.15, 0.2) is 54.7 Å². The Bertz CT molecular complexity index is 912. The number of ether oxygens (including phenoxy) is 1. The van der Waals surface area contributed by atoms with Gasteiger partial charge in [0, 0.05) is 18.3 Å². The summed E-state index contributed by atoms with van der Waals surface area (Å²) in [5.74, 6) is 2.25. The van der Waals surface area contributed by atoms with Crippen molar-refractivity contribution < 1.29 is 4.74 Å². The molecule has 2 aromatic carbocycles. The minimum Gasteiger partial charge on any atom is -0.497 e. The Kier molecular flexibility index (Phi) is 4.87. The van der Waals surface area contributed by atoms with Crippen molar-refractivity contribution in [1.29, 1.82) is 0 Å². The number of benzene rings is 2. The van der Waals surface area contributed by atoms with Gasteiger partial charge in [-0.05, 0) is 49.1 Å². The van der Waals surface area contributed by atoms with Crippen molar-refractivity contribution in [1.82, 2.24) is 15.2 Å². The monoisotopic (exact) mass is 361 g/mol. The number of anilines is 3. The van der Waals surface area contributed by atoms with Gasteiger partial charge in [0.2, 0.25) is 0 Å². The van der Waals surface area contributed by atoms with Crippen molar-refractivity contribution in [2.24, 2.45) is 0 Å². The predicted molar refractivity (Wildman–Crippen MR) is 107 cm³/mol. The second-order valence-corrected chi connectivity index (χ2v) is 6.72. The van der Waals surface area contributed by atoms with Crippen LogP contribution in [0, 0.1) is 0 Å². The number of methoxy groups -OCH3 is 1. The predicted octanol–water partition coefficient (Wildman–Crippen LogP) is 3.62. The van der Waals surface area contributed by atoms with E-state index in [1.54, 1.807) is 13.3 Å². The Hall–Kier alpha value is -3.15. The lowest BCUT2D eigenvalue weighted by Crippen LogP contribution is -2.26. The minimum absolute atomic E-state index is 0.318. The van der Waals surface area contributed by atoms with Crippen LogP contribution < -0.4 is 15.0 Å². The molecule has 4 rings (SSSR count). The van der Waals surface area contributed by atoms with Crippen LogP contribution in [0.4, 0.5) is 17.5 Å². The third-order valence-corrected chi connectivity index (χ3v) is 4.85. The Morgan fingerprint density at radius 1 is 1.15 bits per heavy atom. The summed E-state index contributed by atoms with van der Waals surface area (Å²) in [4.78, 5) is 6.85. The molecule has 138 valence electrons. The molecular weight excluding hydrogens is 338 g/mol. The Morgan fingerprint density at radius 3 is 2.78 bits per heavy atom. The van der Waals surface area contributed by atoms with Crippen LogP contribution in [0.1, 0.15) is 18.1 Å². The van der Waals surface area contributed by atoms with E-state index in [0.717, 1.165) is 31.0 Å². The number of para-hydroxylation sites is 1. The second-order valence-electron chi connectivity index (χ2n) is 6.72. The maximum atomic E-state index is 5.19. The molecule has 1 aliphatic rings. The molecule has 27 heavy (non-hydrogen) atoms. The van der Waals surface area contributed by atoms with Crippen LogP contribution in [0.2, 0.25) is 0 Å². The second kappa shape index (κ2) is 7.61. The van der Waals surface area contributed by atoms with Crippen molar-refractivity contribution in [3.05, 3.63) is 65.9 Å². The Labute approximate surface area is 159 Å². The first-order chi connectivity index (χ1) is 13.2. The Balaban J connectivity index is 1.43. The molecule has 6 heteroatoms. The molecule has 6 nitrogen and oxygen atoms in total. The lowest BCUT2D eigenvalue weighted by Gasteiger charge is -2.22. The van der Waals surface area contributed by atoms with Gasteiger partial charge < -0.3 is 15.0 Å². The molecule has 0 fully saturated rings. The maximum absolute atomic E-state index is 5.19. The number of fused-ring (bicyclic) bond motifs is 1. The molecule has 1 unspecified atom stereocenters. The zero-order valence-electron chi connectivity index (χ0n) is 15.6. The van der Waals surface area contributed by atoms with E-state index in [9.17, 15) is 0 Å². The first-order valence-electron chi connectivity index (χ1n) is 9.18. The molecule has 0 saturated heterocycles. The van der Waals surface area contributed by atoms with Crippen molar-refractivity contribution in [3.8, 4) is 5.75 Å². The van der Waals surface area contributed by atoms with Crippen LogP contribution >= 0.6 is 0 Å². The molecule has 0 bridgehead atoms. The van der Waals surface area contributed by atoms with E-state index in [4.69, 9.17) is 4.74 Å². The standard InChI is InChI=1S/C21H23N5O/c1-15-13-17-5-3-4-6-19(17)26(15)21-24-20(14-23-25-21)22-12-11-16-7-9-18(27-2)10-8-16/h3-10,14-15H,11-13H2,1-2H3,(H,22,24,25). The van der Waals surface area contributed by atoms with Crippen LogP contribution in [0.25, 0.3) is 0 Å². The van der Waals surface area contributed by atoms with Gasteiger partial charge >= 0.3 is 0 Å². The third-order valence-electron chi connectivity index (χ3n) is 4.85. The molecule has 1 atom stereocenters. The molecule has 3 aromatic rings. The molecule has 1 aromatic heterocycles. The Morgan fingerprint density at radius 2 is 1.96 bits per heavy atom. The summed E-state index contributed by atoms with van der Waals surface area (Å²) in [6, 6.07) is 16.8. The van der Waals surface area contributed by atoms with Gasteiger partial charge in [0.1, 0.15) is 5.75 Å². The van der Waals surface area contributed by atoms with E-state index in [1.165, 1.54) is 16.8 Å². The zero-order valence-corrected chi connectivity index (χ0v) is 15.6. The lowest BCUT2D eigenvalue weighted by atomic mass is 10.1. The summed E-state index contributed by atoms with van der Waals surface area (Å²) in [6.07, 6.45) is 3.56. The molecule has 2 heterocycles. The summed E-state index contributed by atoms with van der Waals surface area (Å²) in [6.45, 7) is 2.96. The van der Waals surface area contributed by atoms with Gasteiger partial charge in [0.25, 0.3) is 5.95 Å². The van der Waals surface area contributed by atoms with Crippen LogP contribution in [-0.2, 0) is 12.8 Å². The zero-order chi connectivity index (χ0) is 18.6. The number of rotatable bonds is 6. The number of hydrogen-bond donors (Lipinski definition) is 1. The van der Waals surface area contributed by atoms with Crippen molar-refractivity contribution in [2.45, 2.75) is 25.8 Å². The minimum atomic E-state index is 0.318. The van der Waals surface area contributed by atoms with Gasteiger partial charge in [0.15, 0.2) is 5.82 Å².